The molecule has 0 bridgehead atoms. The SMILES string of the molecule is CN(C)CCOC(=O)N[C@H]1CCN(c2ccc(C(=O)Nc3ccccc3N)cc2)C1. The number of amides is 2. The molecule has 2 aromatic carbocycles. The molecule has 160 valence electrons. The van der Waals surface area contributed by atoms with Gasteiger partial charge in [0.2, 0.25) is 0 Å². The molecule has 1 aliphatic rings. The lowest BCUT2D eigenvalue weighted by Crippen LogP contribution is -2.38. The Morgan fingerprint density at radius 1 is 1.17 bits per heavy atom. The lowest BCUT2D eigenvalue weighted by atomic mass is 10.1. The van der Waals surface area contributed by atoms with Gasteiger partial charge in [-0.2, -0.15) is 0 Å². The largest absolute Gasteiger partial charge is 0.448 e. The van der Waals surface area contributed by atoms with Gasteiger partial charge in [0.25, 0.3) is 5.91 Å². The second-order valence-corrected chi connectivity index (χ2v) is 7.60. The van der Waals surface area contributed by atoms with Crippen LogP contribution < -0.4 is 21.3 Å². The molecule has 4 N–H and O–H groups in total. The Morgan fingerprint density at radius 2 is 1.90 bits per heavy atom. The number of carbonyl (C=O) groups is 2. The summed E-state index contributed by atoms with van der Waals surface area (Å²) in [5.74, 6) is -0.208. The highest BCUT2D eigenvalue weighted by Crippen LogP contribution is 2.22. The summed E-state index contributed by atoms with van der Waals surface area (Å²) in [4.78, 5) is 28.5. The van der Waals surface area contributed by atoms with E-state index in [0.717, 1.165) is 18.7 Å². The van der Waals surface area contributed by atoms with E-state index in [1.54, 1.807) is 24.3 Å². The van der Waals surface area contributed by atoms with Crippen molar-refractivity contribution in [3.63, 3.8) is 0 Å². The highest BCUT2D eigenvalue weighted by Gasteiger charge is 2.24. The first-order chi connectivity index (χ1) is 14.4. The van der Waals surface area contributed by atoms with Crippen LogP contribution in [0.5, 0.6) is 0 Å². The number of ether oxygens (including phenoxy) is 1. The first-order valence-electron chi connectivity index (χ1n) is 10.0. The van der Waals surface area contributed by atoms with E-state index in [9.17, 15) is 9.59 Å². The van der Waals surface area contributed by atoms with Crippen molar-refractivity contribution in [1.82, 2.24) is 10.2 Å². The topological polar surface area (TPSA) is 99.9 Å². The van der Waals surface area contributed by atoms with Gasteiger partial charge in [-0.1, -0.05) is 12.1 Å². The van der Waals surface area contributed by atoms with Gasteiger partial charge < -0.3 is 30.9 Å². The summed E-state index contributed by atoms with van der Waals surface area (Å²) in [5, 5.41) is 5.74. The fourth-order valence-corrected chi connectivity index (χ4v) is 3.27. The van der Waals surface area contributed by atoms with Crippen LogP contribution in [-0.4, -0.2) is 63.3 Å². The molecule has 30 heavy (non-hydrogen) atoms. The highest BCUT2D eigenvalue weighted by molar-refractivity contribution is 6.05. The summed E-state index contributed by atoms with van der Waals surface area (Å²) in [5.41, 5.74) is 8.57. The molecule has 0 unspecified atom stereocenters. The fraction of sp³-hybridized carbons (Fsp3) is 0.364. The summed E-state index contributed by atoms with van der Waals surface area (Å²) in [6.45, 7) is 2.60. The van der Waals surface area contributed by atoms with Gasteiger partial charge in [0.15, 0.2) is 0 Å². The smallest absolute Gasteiger partial charge is 0.407 e. The third-order valence-corrected chi connectivity index (χ3v) is 4.99. The molecule has 2 aromatic rings. The van der Waals surface area contributed by atoms with Gasteiger partial charge in [-0.15, -0.1) is 0 Å². The summed E-state index contributed by atoms with van der Waals surface area (Å²) in [7, 11) is 3.87. The van der Waals surface area contributed by atoms with E-state index in [0.29, 0.717) is 36.6 Å². The Labute approximate surface area is 177 Å². The first-order valence-corrected chi connectivity index (χ1v) is 10.0. The molecule has 0 aliphatic carbocycles. The number of benzene rings is 2. The number of para-hydroxylation sites is 2. The average molecular weight is 412 g/mol. The number of rotatable bonds is 7. The van der Waals surface area contributed by atoms with Gasteiger partial charge in [0.05, 0.1) is 17.4 Å². The zero-order valence-corrected chi connectivity index (χ0v) is 17.4. The maximum atomic E-state index is 12.5. The lowest BCUT2D eigenvalue weighted by molar-refractivity contribution is 0.102. The van der Waals surface area contributed by atoms with Crippen LogP contribution in [0.2, 0.25) is 0 Å². The van der Waals surface area contributed by atoms with Crippen LogP contribution in [0, 0.1) is 0 Å². The zero-order chi connectivity index (χ0) is 21.5. The summed E-state index contributed by atoms with van der Waals surface area (Å²) in [6, 6.07) is 14.6. The number of hydrogen-bond donors (Lipinski definition) is 3. The van der Waals surface area contributed by atoms with Crippen molar-refractivity contribution >= 4 is 29.1 Å². The number of nitrogens with one attached hydrogen (secondary N) is 2. The van der Waals surface area contributed by atoms with Crippen molar-refractivity contribution < 1.29 is 14.3 Å². The van der Waals surface area contributed by atoms with E-state index in [1.807, 2.05) is 43.3 Å². The number of hydrogen-bond acceptors (Lipinski definition) is 6. The molecule has 8 heteroatoms. The van der Waals surface area contributed by atoms with Crippen molar-refractivity contribution in [3.8, 4) is 0 Å². The molecular weight excluding hydrogens is 382 g/mol. The summed E-state index contributed by atoms with van der Waals surface area (Å²) >= 11 is 0. The minimum Gasteiger partial charge on any atom is -0.448 e. The van der Waals surface area contributed by atoms with Crippen molar-refractivity contribution in [3.05, 3.63) is 54.1 Å². The Morgan fingerprint density at radius 3 is 2.60 bits per heavy atom. The number of nitrogens with zero attached hydrogens (tertiary/aromatic N) is 2. The van der Waals surface area contributed by atoms with E-state index in [-0.39, 0.29) is 18.0 Å². The normalized spacial score (nSPS) is 15.8. The van der Waals surface area contributed by atoms with E-state index in [4.69, 9.17) is 10.5 Å². The molecule has 0 saturated carbocycles. The van der Waals surface area contributed by atoms with Gasteiger partial charge in [-0.05, 0) is 56.9 Å². The molecule has 0 spiro atoms. The summed E-state index contributed by atoms with van der Waals surface area (Å²) < 4.78 is 5.19. The molecule has 1 heterocycles. The van der Waals surface area contributed by atoms with Crippen LogP contribution in [0.3, 0.4) is 0 Å². The molecule has 1 atom stereocenters. The second kappa shape index (κ2) is 9.98. The molecule has 0 aromatic heterocycles. The second-order valence-electron chi connectivity index (χ2n) is 7.60. The number of likely N-dealkylation sites (N-methyl/N-ethyl adjacent to an activating group) is 1. The highest BCUT2D eigenvalue weighted by atomic mass is 16.5. The first kappa shape index (κ1) is 21.4. The van der Waals surface area contributed by atoms with Gasteiger partial charge in [0, 0.05) is 30.9 Å². The number of anilines is 3. The van der Waals surface area contributed by atoms with Crippen LogP contribution in [-0.2, 0) is 4.74 Å². The molecular formula is C22H29N5O3. The standard InChI is InChI=1S/C22H29N5O3/c1-26(2)13-14-30-22(29)24-17-11-12-27(15-17)18-9-7-16(8-10-18)21(28)25-20-6-4-3-5-19(20)23/h3-10,17H,11-15,23H2,1-2H3,(H,24,29)(H,25,28)/t17-/m0/s1. The summed E-state index contributed by atoms with van der Waals surface area (Å²) in [6.07, 6.45) is 0.467. The number of carbonyl (C=O) groups excluding carboxylic acids is 2. The molecule has 8 nitrogen and oxygen atoms in total. The molecule has 1 fully saturated rings. The molecule has 3 rings (SSSR count). The van der Waals surface area contributed by atoms with Gasteiger partial charge in [-0.3, -0.25) is 4.79 Å². The molecule has 1 saturated heterocycles. The average Bonchev–Trinajstić information content (AvgIpc) is 3.18. The quantitative estimate of drug-likeness (QED) is 0.605. The van der Waals surface area contributed by atoms with Crippen molar-refractivity contribution in [2.45, 2.75) is 12.5 Å². The van der Waals surface area contributed by atoms with E-state index >= 15 is 0 Å². The fourth-order valence-electron chi connectivity index (χ4n) is 3.27. The van der Waals surface area contributed by atoms with Gasteiger partial charge >= 0.3 is 6.09 Å². The van der Waals surface area contributed by atoms with E-state index in [2.05, 4.69) is 15.5 Å². The number of nitrogens with two attached hydrogens (primary N) is 1. The Balaban J connectivity index is 1.50. The zero-order valence-electron chi connectivity index (χ0n) is 17.4. The van der Waals surface area contributed by atoms with Crippen LogP contribution in [0.25, 0.3) is 0 Å². The molecule has 1 aliphatic heterocycles. The third-order valence-electron chi connectivity index (χ3n) is 4.99. The van der Waals surface area contributed by atoms with Crippen LogP contribution in [0.1, 0.15) is 16.8 Å². The Bertz CT molecular complexity index is 869. The molecule has 0 radical (unpaired) electrons. The number of alkyl carbamates (subject to hydrolysis) is 1. The van der Waals surface area contributed by atoms with Crippen LogP contribution in [0.4, 0.5) is 21.9 Å². The molecule has 2 amide bonds. The predicted molar refractivity (Wildman–Crippen MR) is 119 cm³/mol. The monoisotopic (exact) mass is 411 g/mol. The maximum absolute atomic E-state index is 12.5. The van der Waals surface area contributed by atoms with Crippen molar-refractivity contribution in [1.29, 1.82) is 0 Å². The number of nitrogen functional groups attached to an aromatic ring is 1. The Kier molecular flexibility index (Phi) is 7.13. The van der Waals surface area contributed by atoms with E-state index in [1.165, 1.54) is 0 Å². The van der Waals surface area contributed by atoms with Crippen molar-refractivity contribution in [2.24, 2.45) is 0 Å². The maximum Gasteiger partial charge on any atom is 0.407 e. The van der Waals surface area contributed by atoms with Crippen LogP contribution >= 0.6 is 0 Å². The lowest BCUT2D eigenvalue weighted by Gasteiger charge is -2.19. The minimum atomic E-state index is -0.379. The Hall–Kier alpha value is -3.26. The van der Waals surface area contributed by atoms with E-state index < -0.39 is 0 Å². The van der Waals surface area contributed by atoms with Gasteiger partial charge in [-0.25, -0.2) is 4.79 Å². The predicted octanol–water partition coefficient (Wildman–Crippen LogP) is 2.39. The van der Waals surface area contributed by atoms with Crippen molar-refractivity contribution in [2.75, 3.05) is 56.3 Å². The minimum absolute atomic E-state index is 0.0425. The van der Waals surface area contributed by atoms with Gasteiger partial charge in [0.1, 0.15) is 6.61 Å². The third kappa shape index (κ3) is 5.87. The van der Waals surface area contributed by atoms with Crippen LogP contribution in [0.15, 0.2) is 48.5 Å².